The Morgan fingerprint density at radius 3 is 2.16 bits per heavy atom. The van der Waals surface area contributed by atoms with Crippen molar-refractivity contribution in [3.63, 3.8) is 0 Å². The van der Waals surface area contributed by atoms with E-state index in [0.717, 1.165) is 50.2 Å². The van der Waals surface area contributed by atoms with Crippen molar-refractivity contribution >= 4 is 11.6 Å². The zero-order valence-corrected chi connectivity index (χ0v) is 21.4. The minimum atomic E-state index is 0.306. The Kier molecular flexibility index (Phi) is 13.6. The van der Waals surface area contributed by atoms with Gasteiger partial charge in [0.15, 0.2) is 0 Å². The molecule has 1 aromatic carbocycles. The molecule has 0 aliphatic heterocycles. The van der Waals surface area contributed by atoms with Crippen LogP contribution in [0.1, 0.15) is 80.1 Å². The van der Waals surface area contributed by atoms with Crippen LogP contribution in [0.15, 0.2) is 30.3 Å². The van der Waals surface area contributed by atoms with Gasteiger partial charge >= 0.3 is 0 Å². The second-order valence-corrected chi connectivity index (χ2v) is 8.98. The summed E-state index contributed by atoms with van der Waals surface area (Å²) in [7, 11) is 0. The molecule has 0 aliphatic carbocycles. The van der Waals surface area contributed by atoms with E-state index in [9.17, 15) is 4.79 Å². The quantitative estimate of drug-likeness (QED) is 0.224. The summed E-state index contributed by atoms with van der Waals surface area (Å²) in [6, 6.07) is 11.4. The second kappa shape index (κ2) is 15.3. The molecule has 1 amide bonds. The van der Waals surface area contributed by atoms with E-state index < -0.39 is 0 Å². The first-order chi connectivity index (χ1) is 15.0. The lowest BCUT2D eigenvalue weighted by Crippen LogP contribution is -2.58. The summed E-state index contributed by atoms with van der Waals surface area (Å²) in [6.45, 7) is 20.9. The van der Waals surface area contributed by atoms with Crippen LogP contribution in [0.5, 0.6) is 0 Å². The lowest BCUT2D eigenvalue weighted by Gasteiger charge is -2.44. The smallest absolute Gasteiger partial charge is 0.222 e. The van der Waals surface area contributed by atoms with Gasteiger partial charge in [0.2, 0.25) is 5.91 Å². The number of carbonyl (C=O) groups is 1. The highest BCUT2D eigenvalue weighted by molar-refractivity contribution is 5.75. The Balaban J connectivity index is 2.76. The maximum Gasteiger partial charge on any atom is 0.222 e. The molecule has 4 heteroatoms. The molecule has 1 rings (SSSR count). The van der Waals surface area contributed by atoms with E-state index >= 15 is 0 Å². The number of unbranched alkanes of at least 4 members (excludes halogenated alkanes) is 1. The highest BCUT2D eigenvalue weighted by Gasteiger charge is 2.32. The zero-order chi connectivity index (χ0) is 23.1. The molecule has 0 saturated heterocycles. The summed E-state index contributed by atoms with van der Waals surface area (Å²) in [5, 5.41) is 0. The van der Waals surface area contributed by atoms with E-state index in [1.165, 1.54) is 37.9 Å². The molecule has 0 bridgehead atoms. The van der Waals surface area contributed by atoms with Gasteiger partial charge in [-0.2, -0.15) is 0 Å². The maximum atomic E-state index is 12.4. The minimum Gasteiger partial charge on any atom is -0.372 e. The van der Waals surface area contributed by atoms with Crippen LogP contribution < -0.4 is 4.90 Å². The molecule has 2 atom stereocenters. The van der Waals surface area contributed by atoms with Gasteiger partial charge in [-0.25, -0.2) is 0 Å². The summed E-state index contributed by atoms with van der Waals surface area (Å²) in [5.41, 5.74) is 1.33. The molecule has 0 spiro atoms. The number of hydrogen-bond donors (Lipinski definition) is 0. The Morgan fingerprint density at radius 2 is 1.61 bits per heavy atom. The minimum absolute atomic E-state index is 0.306. The lowest BCUT2D eigenvalue weighted by atomic mass is 10.1. The van der Waals surface area contributed by atoms with Crippen LogP contribution in [0.2, 0.25) is 0 Å². The highest BCUT2D eigenvalue weighted by Crippen LogP contribution is 2.21. The fourth-order valence-electron chi connectivity index (χ4n) is 4.88. The van der Waals surface area contributed by atoms with Gasteiger partial charge in [0.1, 0.15) is 0 Å². The molecular weight excluding hydrogens is 382 g/mol. The van der Waals surface area contributed by atoms with Crippen LogP contribution in [0, 0.1) is 0 Å². The van der Waals surface area contributed by atoms with Gasteiger partial charge in [-0.15, -0.1) is 0 Å². The Hall–Kier alpha value is -1.55. The first kappa shape index (κ1) is 27.5. The number of carbonyl (C=O) groups excluding carboxylic acids is 1. The van der Waals surface area contributed by atoms with Crippen LogP contribution in [-0.2, 0) is 4.79 Å². The van der Waals surface area contributed by atoms with Crippen molar-refractivity contribution in [2.24, 2.45) is 0 Å². The first-order valence-electron chi connectivity index (χ1n) is 12.9. The third-order valence-corrected chi connectivity index (χ3v) is 7.02. The van der Waals surface area contributed by atoms with Crippen molar-refractivity contribution in [3.8, 4) is 0 Å². The molecule has 31 heavy (non-hydrogen) atoms. The third-order valence-electron chi connectivity index (χ3n) is 7.02. The van der Waals surface area contributed by atoms with Crippen LogP contribution in [0.25, 0.3) is 0 Å². The zero-order valence-electron chi connectivity index (χ0n) is 21.4. The fraction of sp³-hybridized carbons (Fsp3) is 0.741. The van der Waals surface area contributed by atoms with Crippen LogP contribution >= 0.6 is 0 Å². The van der Waals surface area contributed by atoms with Gasteiger partial charge in [0.25, 0.3) is 0 Å². The van der Waals surface area contributed by atoms with Crippen molar-refractivity contribution in [1.29, 1.82) is 0 Å². The van der Waals surface area contributed by atoms with Gasteiger partial charge in [-0.05, 0) is 58.6 Å². The van der Waals surface area contributed by atoms with E-state index in [4.69, 9.17) is 0 Å². The van der Waals surface area contributed by atoms with E-state index in [2.05, 4.69) is 74.8 Å². The Labute approximate surface area is 193 Å². The second-order valence-electron chi connectivity index (χ2n) is 8.98. The van der Waals surface area contributed by atoms with Crippen LogP contribution in [0.4, 0.5) is 5.69 Å². The molecule has 0 fully saturated rings. The standard InChI is InChI=1S/C27H50N3O/c1-7-17-25(6)30(11-5,24-22-29(20-8-2)27(31)9-3)23-16-15-21-28(10-4)26-18-13-12-14-19-26/h12-14,18-19,25H,7-11,15-17,20-24H2,1-6H3/q+1. The monoisotopic (exact) mass is 432 g/mol. The molecule has 1 aromatic rings. The van der Waals surface area contributed by atoms with Gasteiger partial charge in [0, 0.05) is 31.7 Å². The number of benzene rings is 1. The van der Waals surface area contributed by atoms with Gasteiger partial charge in [0.05, 0.1) is 32.2 Å². The molecule has 0 aromatic heterocycles. The van der Waals surface area contributed by atoms with Gasteiger partial charge in [-0.1, -0.05) is 45.4 Å². The number of para-hydroxylation sites is 1. The molecule has 0 aliphatic rings. The topological polar surface area (TPSA) is 23.6 Å². The number of anilines is 1. The number of quaternary nitrogens is 1. The van der Waals surface area contributed by atoms with Crippen molar-refractivity contribution in [3.05, 3.63) is 30.3 Å². The van der Waals surface area contributed by atoms with Crippen molar-refractivity contribution in [1.82, 2.24) is 4.90 Å². The van der Waals surface area contributed by atoms with Gasteiger partial charge in [-0.3, -0.25) is 4.79 Å². The number of amides is 1. The summed E-state index contributed by atoms with van der Waals surface area (Å²) < 4.78 is 1.14. The summed E-state index contributed by atoms with van der Waals surface area (Å²) in [5.74, 6) is 0.306. The molecular formula is C27H50N3O+. The lowest BCUT2D eigenvalue weighted by molar-refractivity contribution is -0.948. The Bertz CT molecular complexity index is 591. The average Bonchev–Trinajstić information content (AvgIpc) is 2.80. The third kappa shape index (κ3) is 8.84. The van der Waals surface area contributed by atoms with Crippen molar-refractivity contribution in [2.45, 2.75) is 86.1 Å². The largest absolute Gasteiger partial charge is 0.372 e. The molecule has 178 valence electrons. The van der Waals surface area contributed by atoms with Crippen LogP contribution in [-0.4, -0.2) is 67.1 Å². The molecule has 0 N–H and O–H groups in total. The number of rotatable bonds is 17. The van der Waals surface area contributed by atoms with Gasteiger partial charge < -0.3 is 14.3 Å². The van der Waals surface area contributed by atoms with Crippen molar-refractivity contribution in [2.75, 3.05) is 50.7 Å². The summed E-state index contributed by atoms with van der Waals surface area (Å²) in [6.07, 6.45) is 6.59. The molecule has 0 saturated carbocycles. The van der Waals surface area contributed by atoms with E-state index in [0.29, 0.717) is 18.4 Å². The van der Waals surface area contributed by atoms with E-state index in [1.807, 2.05) is 6.92 Å². The van der Waals surface area contributed by atoms with Crippen molar-refractivity contribution < 1.29 is 9.28 Å². The molecule has 2 unspecified atom stereocenters. The van der Waals surface area contributed by atoms with Crippen LogP contribution in [0.3, 0.4) is 0 Å². The normalized spacial score (nSPS) is 14.1. The number of nitrogens with zero attached hydrogens (tertiary/aromatic N) is 3. The number of likely N-dealkylation sites (N-methyl/N-ethyl adjacent to an activating group) is 1. The molecule has 0 heterocycles. The number of hydrogen-bond acceptors (Lipinski definition) is 2. The molecule has 0 radical (unpaired) electrons. The first-order valence-corrected chi connectivity index (χ1v) is 12.9. The summed E-state index contributed by atoms with van der Waals surface area (Å²) >= 11 is 0. The van der Waals surface area contributed by atoms with E-state index in [1.54, 1.807) is 0 Å². The average molecular weight is 433 g/mol. The fourth-order valence-corrected chi connectivity index (χ4v) is 4.88. The predicted octanol–water partition coefficient (Wildman–Crippen LogP) is 5.97. The Morgan fingerprint density at radius 1 is 0.903 bits per heavy atom. The summed E-state index contributed by atoms with van der Waals surface area (Å²) in [4.78, 5) is 17.0. The highest BCUT2D eigenvalue weighted by atomic mass is 16.2. The molecule has 4 nitrogen and oxygen atoms in total. The SMILES string of the molecule is CCCC(C)[N+](CC)(CCCCN(CC)c1ccccc1)CCN(CCC)C(=O)CC. The predicted molar refractivity (Wildman–Crippen MR) is 136 cm³/mol. The van der Waals surface area contributed by atoms with E-state index in [-0.39, 0.29) is 0 Å². The maximum absolute atomic E-state index is 12.4.